The van der Waals surface area contributed by atoms with E-state index < -0.39 is 37.5 Å². The molecule has 132 valence electrons. The first-order valence-electron chi connectivity index (χ1n) is 6.94. The number of nitro benzene ring substituents is 1. The van der Waals surface area contributed by atoms with E-state index in [4.69, 9.17) is 11.6 Å². The molecule has 0 aliphatic carbocycles. The summed E-state index contributed by atoms with van der Waals surface area (Å²) in [4.78, 5) is 21.0. The normalized spacial score (nSPS) is 12.5. The molecule has 0 amide bonds. The number of nitrogens with one attached hydrogen (secondary N) is 1. The van der Waals surface area contributed by atoms with Crippen LogP contribution in [0.4, 0.5) is 5.69 Å². The van der Waals surface area contributed by atoms with Crippen molar-refractivity contribution in [3.63, 3.8) is 0 Å². The molecule has 0 aromatic heterocycles. The lowest BCUT2D eigenvalue weighted by Crippen LogP contribution is -2.42. The second-order valence-electron chi connectivity index (χ2n) is 5.03. The summed E-state index contributed by atoms with van der Waals surface area (Å²) in [7, 11) is -4.43. The van der Waals surface area contributed by atoms with Gasteiger partial charge in [-0.25, -0.2) is 8.42 Å². The van der Waals surface area contributed by atoms with Crippen molar-refractivity contribution >= 4 is 33.3 Å². The number of sulfonamides is 1. The van der Waals surface area contributed by atoms with Gasteiger partial charge in [0.05, 0.1) is 4.92 Å². The quantitative estimate of drug-likeness (QED) is 0.556. The molecule has 0 heterocycles. The van der Waals surface area contributed by atoms with E-state index in [1.54, 1.807) is 24.3 Å². The van der Waals surface area contributed by atoms with Gasteiger partial charge in [0.15, 0.2) is 4.90 Å². The molecule has 0 aliphatic heterocycles. The molecule has 0 aliphatic rings. The summed E-state index contributed by atoms with van der Waals surface area (Å²) in [5.74, 6) is -1.43. The minimum atomic E-state index is -4.43. The molecule has 2 aromatic rings. The number of rotatable bonds is 7. The average molecular weight is 385 g/mol. The monoisotopic (exact) mass is 384 g/mol. The van der Waals surface area contributed by atoms with Crippen molar-refractivity contribution in [2.75, 3.05) is 0 Å². The zero-order valence-corrected chi connectivity index (χ0v) is 14.2. The van der Waals surface area contributed by atoms with Gasteiger partial charge in [-0.3, -0.25) is 14.9 Å². The van der Waals surface area contributed by atoms with E-state index in [0.29, 0.717) is 10.6 Å². The van der Waals surface area contributed by atoms with Gasteiger partial charge in [-0.15, -0.1) is 0 Å². The summed E-state index contributed by atoms with van der Waals surface area (Å²) >= 11 is 5.97. The van der Waals surface area contributed by atoms with Gasteiger partial charge in [-0.1, -0.05) is 41.9 Å². The standard InChI is InChI=1S/C15H13ClN2O6S/c16-11-6-2-1-5-10(11)9-12(15(19)20)17-25(23,24)14-8-4-3-7-13(14)18(21)22/h1-8,12,17H,9H2,(H,19,20). The van der Waals surface area contributed by atoms with Crippen LogP contribution in [0.5, 0.6) is 0 Å². The molecule has 0 radical (unpaired) electrons. The average Bonchev–Trinajstić information content (AvgIpc) is 2.56. The van der Waals surface area contributed by atoms with Crippen molar-refractivity contribution in [1.29, 1.82) is 0 Å². The minimum Gasteiger partial charge on any atom is -0.480 e. The number of carboxylic acids is 1. The van der Waals surface area contributed by atoms with E-state index in [1.807, 2.05) is 4.72 Å². The number of aliphatic carboxylic acids is 1. The van der Waals surface area contributed by atoms with E-state index >= 15 is 0 Å². The zero-order valence-electron chi connectivity index (χ0n) is 12.6. The van der Waals surface area contributed by atoms with Crippen molar-refractivity contribution in [2.45, 2.75) is 17.4 Å². The Bertz CT molecular complexity index is 916. The van der Waals surface area contributed by atoms with Gasteiger partial charge in [-0.05, 0) is 17.7 Å². The van der Waals surface area contributed by atoms with Gasteiger partial charge in [0.25, 0.3) is 5.69 Å². The molecule has 25 heavy (non-hydrogen) atoms. The molecule has 2 rings (SSSR count). The van der Waals surface area contributed by atoms with Crippen LogP contribution in [0.1, 0.15) is 5.56 Å². The number of hydrogen-bond donors (Lipinski definition) is 2. The molecule has 0 saturated heterocycles. The fourth-order valence-electron chi connectivity index (χ4n) is 2.15. The lowest BCUT2D eigenvalue weighted by Gasteiger charge is -2.15. The largest absolute Gasteiger partial charge is 0.480 e. The SMILES string of the molecule is O=C(O)C(Cc1ccccc1Cl)NS(=O)(=O)c1ccccc1[N+](=O)[O-]. The van der Waals surface area contributed by atoms with Crippen LogP contribution in [0.15, 0.2) is 53.4 Å². The van der Waals surface area contributed by atoms with Crippen LogP contribution in [-0.4, -0.2) is 30.5 Å². The number of carboxylic acid groups (broad SMARTS) is 1. The van der Waals surface area contributed by atoms with Crippen molar-refractivity contribution in [3.8, 4) is 0 Å². The van der Waals surface area contributed by atoms with Gasteiger partial charge in [0.2, 0.25) is 10.0 Å². The van der Waals surface area contributed by atoms with E-state index in [9.17, 15) is 28.4 Å². The molecule has 2 aromatic carbocycles. The highest BCUT2D eigenvalue weighted by atomic mass is 35.5. The van der Waals surface area contributed by atoms with Gasteiger partial charge in [0.1, 0.15) is 6.04 Å². The lowest BCUT2D eigenvalue weighted by molar-refractivity contribution is -0.387. The fourth-order valence-corrected chi connectivity index (χ4v) is 3.72. The highest BCUT2D eigenvalue weighted by Gasteiger charge is 2.30. The Morgan fingerprint density at radius 1 is 1.20 bits per heavy atom. The molecule has 1 unspecified atom stereocenters. The summed E-state index contributed by atoms with van der Waals surface area (Å²) in [6, 6.07) is 9.55. The summed E-state index contributed by atoms with van der Waals surface area (Å²) in [5, 5.41) is 20.6. The maximum atomic E-state index is 12.4. The van der Waals surface area contributed by atoms with Crippen LogP contribution in [0, 0.1) is 10.1 Å². The molecule has 0 spiro atoms. The number of hydrogen-bond acceptors (Lipinski definition) is 5. The highest BCUT2D eigenvalue weighted by Crippen LogP contribution is 2.24. The maximum Gasteiger partial charge on any atom is 0.322 e. The Morgan fingerprint density at radius 2 is 1.80 bits per heavy atom. The fraction of sp³-hybridized carbons (Fsp3) is 0.133. The third-order valence-corrected chi connectivity index (χ3v) is 5.22. The summed E-state index contributed by atoms with van der Waals surface area (Å²) in [6.45, 7) is 0. The number of halogens is 1. The Labute approximate surface area is 148 Å². The molecule has 0 bridgehead atoms. The van der Waals surface area contributed by atoms with Crippen LogP contribution in [0.25, 0.3) is 0 Å². The van der Waals surface area contributed by atoms with Gasteiger partial charge >= 0.3 is 5.97 Å². The smallest absolute Gasteiger partial charge is 0.322 e. The first-order chi connectivity index (χ1) is 11.7. The van der Waals surface area contributed by atoms with Crippen molar-refractivity contribution in [3.05, 3.63) is 69.2 Å². The van der Waals surface area contributed by atoms with Gasteiger partial charge in [-0.2, -0.15) is 4.72 Å². The predicted molar refractivity (Wildman–Crippen MR) is 90.0 cm³/mol. The summed E-state index contributed by atoms with van der Waals surface area (Å²) in [5.41, 5.74) is -0.210. The summed E-state index contributed by atoms with van der Waals surface area (Å²) in [6.07, 6.45) is -0.213. The Kier molecular flexibility index (Phi) is 5.73. The van der Waals surface area contributed by atoms with E-state index in [1.165, 1.54) is 12.1 Å². The molecule has 10 heteroatoms. The van der Waals surface area contributed by atoms with Crippen LogP contribution >= 0.6 is 11.6 Å². The highest BCUT2D eigenvalue weighted by molar-refractivity contribution is 7.89. The van der Waals surface area contributed by atoms with Crippen molar-refractivity contribution in [1.82, 2.24) is 4.72 Å². The Balaban J connectivity index is 2.35. The molecule has 0 fully saturated rings. The maximum absolute atomic E-state index is 12.4. The van der Waals surface area contributed by atoms with E-state index in [2.05, 4.69) is 0 Å². The second kappa shape index (κ2) is 7.60. The number of benzene rings is 2. The van der Waals surface area contributed by atoms with Crippen molar-refractivity contribution in [2.24, 2.45) is 0 Å². The third kappa shape index (κ3) is 4.53. The number of nitrogens with zero attached hydrogens (tertiary/aromatic N) is 1. The first kappa shape index (κ1) is 18.8. The number of carbonyl (C=O) groups is 1. The molecule has 8 nitrogen and oxygen atoms in total. The molecular weight excluding hydrogens is 372 g/mol. The topological polar surface area (TPSA) is 127 Å². The lowest BCUT2D eigenvalue weighted by atomic mass is 10.1. The predicted octanol–water partition coefficient (Wildman–Crippen LogP) is 2.22. The van der Waals surface area contributed by atoms with Gasteiger partial charge in [0, 0.05) is 17.5 Å². The van der Waals surface area contributed by atoms with Crippen LogP contribution in [-0.2, 0) is 21.2 Å². The van der Waals surface area contributed by atoms with Crippen molar-refractivity contribution < 1.29 is 23.2 Å². The van der Waals surface area contributed by atoms with Crippen LogP contribution in [0.2, 0.25) is 5.02 Å². The summed E-state index contributed by atoms with van der Waals surface area (Å²) < 4.78 is 26.9. The van der Waals surface area contributed by atoms with E-state index in [-0.39, 0.29) is 6.42 Å². The molecular formula is C15H13ClN2O6S. The van der Waals surface area contributed by atoms with Crippen LogP contribution < -0.4 is 4.72 Å². The molecule has 2 N–H and O–H groups in total. The van der Waals surface area contributed by atoms with E-state index in [0.717, 1.165) is 12.1 Å². The zero-order chi connectivity index (χ0) is 18.6. The molecule has 0 saturated carbocycles. The Morgan fingerprint density at radius 3 is 2.40 bits per heavy atom. The molecule has 1 atom stereocenters. The third-order valence-electron chi connectivity index (χ3n) is 3.33. The first-order valence-corrected chi connectivity index (χ1v) is 8.80. The second-order valence-corrected chi connectivity index (χ2v) is 7.12. The van der Waals surface area contributed by atoms with Gasteiger partial charge < -0.3 is 5.11 Å². The Hall–Kier alpha value is -2.49. The number of nitro groups is 1. The van der Waals surface area contributed by atoms with Crippen LogP contribution in [0.3, 0.4) is 0 Å². The minimum absolute atomic E-state index is 0.213. The number of para-hydroxylation sites is 1.